The summed E-state index contributed by atoms with van der Waals surface area (Å²) >= 11 is 0. The molecule has 1 amide bonds. The monoisotopic (exact) mass is 470 g/mol. The standard InChI is InChI=1S/C25H22N6O4/c1-34-17-10-8-16(9-11-17)27-20(32)12-31-19-5-3-2-4-18(19)22-23(31)25(33)30(14-26-22)13-21-28-24(29-35-21)15-6-7-15/h2-5,8-11,14-15H,6-7,12-13H2,1H3,(H,27,32). The molecule has 6 rings (SSSR count). The molecule has 3 heterocycles. The van der Waals surface area contributed by atoms with Crippen molar-refractivity contribution < 1.29 is 14.1 Å². The Morgan fingerprint density at radius 1 is 1.17 bits per heavy atom. The van der Waals surface area contributed by atoms with Gasteiger partial charge in [0.15, 0.2) is 5.82 Å². The molecule has 0 aliphatic heterocycles. The maximum Gasteiger partial charge on any atom is 0.278 e. The molecule has 0 unspecified atom stereocenters. The molecule has 1 aliphatic rings. The number of carbonyl (C=O) groups excluding carboxylic acids is 1. The third-order valence-electron chi connectivity index (χ3n) is 6.14. The number of benzene rings is 2. The Balaban J connectivity index is 1.36. The number of methoxy groups -OCH3 is 1. The average molecular weight is 470 g/mol. The van der Waals surface area contributed by atoms with Gasteiger partial charge < -0.3 is 19.1 Å². The van der Waals surface area contributed by atoms with Crippen molar-refractivity contribution in [1.29, 1.82) is 0 Å². The highest BCUT2D eigenvalue weighted by atomic mass is 16.5. The Morgan fingerprint density at radius 3 is 2.74 bits per heavy atom. The maximum atomic E-state index is 13.6. The van der Waals surface area contributed by atoms with E-state index in [1.807, 2.05) is 24.3 Å². The fourth-order valence-corrected chi connectivity index (χ4v) is 4.23. The van der Waals surface area contributed by atoms with E-state index in [0.29, 0.717) is 40.1 Å². The molecule has 10 nitrogen and oxygen atoms in total. The Bertz CT molecular complexity index is 1610. The predicted octanol–water partition coefficient (Wildman–Crippen LogP) is 3.31. The fraction of sp³-hybridized carbons (Fsp3) is 0.240. The lowest BCUT2D eigenvalue weighted by Crippen LogP contribution is -2.25. The van der Waals surface area contributed by atoms with Crippen LogP contribution in [0.1, 0.15) is 30.5 Å². The van der Waals surface area contributed by atoms with Crippen LogP contribution >= 0.6 is 0 Å². The first-order chi connectivity index (χ1) is 17.1. The number of fused-ring (bicyclic) bond motifs is 3. The van der Waals surface area contributed by atoms with Crippen LogP contribution in [0.3, 0.4) is 0 Å². The Labute approximate surface area is 199 Å². The highest BCUT2D eigenvalue weighted by molar-refractivity contribution is 6.06. The number of para-hydroxylation sites is 1. The summed E-state index contributed by atoms with van der Waals surface area (Å²) in [6.45, 7) is 0.0599. The minimum absolute atomic E-state index is 0.0522. The number of ether oxygens (including phenoxy) is 1. The lowest BCUT2D eigenvalue weighted by atomic mass is 10.2. The summed E-state index contributed by atoms with van der Waals surface area (Å²) in [6, 6.07) is 14.6. The molecule has 5 aromatic rings. The zero-order valence-electron chi connectivity index (χ0n) is 19.0. The smallest absolute Gasteiger partial charge is 0.278 e. The quantitative estimate of drug-likeness (QED) is 0.388. The summed E-state index contributed by atoms with van der Waals surface area (Å²) in [7, 11) is 1.58. The number of anilines is 1. The molecule has 10 heteroatoms. The molecule has 0 bridgehead atoms. The van der Waals surface area contributed by atoms with Crippen molar-refractivity contribution in [3.63, 3.8) is 0 Å². The molecular weight excluding hydrogens is 448 g/mol. The summed E-state index contributed by atoms with van der Waals surface area (Å²) in [5.74, 6) is 1.83. The largest absolute Gasteiger partial charge is 0.497 e. The Kier molecular flexibility index (Phi) is 5.05. The van der Waals surface area contributed by atoms with Gasteiger partial charge in [0.1, 0.15) is 29.9 Å². The predicted molar refractivity (Wildman–Crippen MR) is 128 cm³/mol. The van der Waals surface area contributed by atoms with Crippen LogP contribution in [0.4, 0.5) is 5.69 Å². The third-order valence-corrected chi connectivity index (χ3v) is 6.14. The van der Waals surface area contributed by atoms with Crippen molar-refractivity contribution in [3.05, 3.63) is 76.9 Å². The first-order valence-electron chi connectivity index (χ1n) is 11.3. The van der Waals surface area contributed by atoms with Crippen molar-refractivity contribution in [2.75, 3.05) is 12.4 Å². The van der Waals surface area contributed by atoms with Crippen LogP contribution in [0, 0.1) is 0 Å². The molecule has 3 aromatic heterocycles. The molecule has 35 heavy (non-hydrogen) atoms. The second-order valence-electron chi connectivity index (χ2n) is 8.58. The number of aromatic nitrogens is 5. The van der Waals surface area contributed by atoms with E-state index in [4.69, 9.17) is 9.26 Å². The normalized spacial score (nSPS) is 13.4. The van der Waals surface area contributed by atoms with Crippen molar-refractivity contribution in [3.8, 4) is 5.75 Å². The van der Waals surface area contributed by atoms with Gasteiger partial charge in [-0.05, 0) is 43.2 Å². The highest BCUT2D eigenvalue weighted by Gasteiger charge is 2.29. The molecule has 0 radical (unpaired) electrons. The SMILES string of the molecule is COc1ccc(NC(=O)Cn2c3ccccc3c3ncn(Cc4nc(C5CC5)no4)c(=O)c32)cc1. The van der Waals surface area contributed by atoms with Crippen LogP contribution in [-0.4, -0.2) is 37.3 Å². The summed E-state index contributed by atoms with van der Waals surface area (Å²) in [5, 5.41) is 7.70. The van der Waals surface area contributed by atoms with Gasteiger partial charge in [0.25, 0.3) is 5.56 Å². The van der Waals surface area contributed by atoms with Crippen molar-refractivity contribution >= 4 is 33.5 Å². The molecule has 1 aliphatic carbocycles. The molecule has 1 saturated carbocycles. The van der Waals surface area contributed by atoms with E-state index in [2.05, 4.69) is 20.4 Å². The number of nitrogens with one attached hydrogen (secondary N) is 1. The zero-order valence-corrected chi connectivity index (χ0v) is 19.0. The van der Waals surface area contributed by atoms with Crippen LogP contribution in [0.15, 0.2) is 64.2 Å². The first kappa shape index (κ1) is 21.1. The van der Waals surface area contributed by atoms with Gasteiger partial charge in [0.05, 0.1) is 19.0 Å². The number of rotatable bonds is 7. The second kappa shape index (κ2) is 8.39. The minimum atomic E-state index is -0.283. The maximum absolute atomic E-state index is 13.6. The van der Waals surface area contributed by atoms with Crippen LogP contribution in [0.25, 0.3) is 21.9 Å². The number of carbonyl (C=O) groups is 1. The van der Waals surface area contributed by atoms with Gasteiger partial charge in [0, 0.05) is 17.0 Å². The van der Waals surface area contributed by atoms with Gasteiger partial charge in [-0.1, -0.05) is 23.4 Å². The number of nitrogens with zero attached hydrogens (tertiary/aromatic N) is 5. The van der Waals surface area contributed by atoms with E-state index in [1.165, 1.54) is 10.9 Å². The molecule has 1 fully saturated rings. The molecule has 0 spiro atoms. The summed E-state index contributed by atoms with van der Waals surface area (Å²) in [5.41, 5.74) is 2.00. The van der Waals surface area contributed by atoms with Crippen molar-refractivity contribution in [2.45, 2.75) is 31.8 Å². The lowest BCUT2D eigenvalue weighted by molar-refractivity contribution is -0.116. The summed E-state index contributed by atoms with van der Waals surface area (Å²) < 4.78 is 13.6. The zero-order chi connectivity index (χ0) is 23.9. The van der Waals surface area contributed by atoms with Gasteiger partial charge in [-0.25, -0.2) is 4.98 Å². The minimum Gasteiger partial charge on any atom is -0.497 e. The molecule has 0 saturated heterocycles. The first-order valence-corrected chi connectivity index (χ1v) is 11.3. The van der Waals surface area contributed by atoms with E-state index in [1.54, 1.807) is 35.9 Å². The molecule has 1 N–H and O–H groups in total. The van der Waals surface area contributed by atoms with Crippen LogP contribution in [-0.2, 0) is 17.9 Å². The van der Waals surface area contributed by atoms with Gasteiger partial charge in [-0.2, -0.15) is 4.98 Å². The van der Waals surface area contributed by atoms with Crippen LogP contribution in [0.2, 0.25) is 0 Å². The fourth-order valence-electron chi connectivity index (χ4n) is 4.23. The number of hydrogen-bond donors (Lipinski definition) is 1. The van der Waals surface area contributed by atoms with Gasteiger partial charge >= 0.3 is 0 Å². The van der Waals surface area contributed by atoms with Crippen LogP contribution in [0.5, 0.6) is 5.75 Å². The molecular formula is C25H22N6O4. The summed E-state index contributed by atoms with van der Waals surface area (Å²) in [4.78, 5) is 35.5. The molecule has 2 aromatic carbocycles. The Hall–Kier alpha value is -4.47. The van der Waals surface area contributed by atoms with E-state index in [9.17, 15) is 9.59 Å². The topological polar surface area (TPSA) is 117 Å². The van der Waals surface area contributed by atoms with Crippen LogP contribution < -0.4 is 15.6 Å². The van der Waals surface area contributed by atoms with E-state index in [0.717, 1.165) is 23.7 Å². The van der Waals surface area contributed by atoms with Gasteiger partial charge in [-0.3, -0.25) is 14.2 Å². The average Bonchev–Trinajstić information content (AvgIpc) is 3.54. The highest BCUT2D eigenvalue weighted by Crippen LogP contribution is 2.38. The van der Waals surface area contributed by atoms with E-state index >= 15 is 0 Å². The third kappa shape index (κ3) is 3.92. The number of amides is 1. The Morgan fingerprint density at radius 2 is 1.97 bits per heavy atom. The molecule has 176 valence electrons. The summed E-state index contributed by atoms with van der Waals surface area (Å²) in [6.07, 6.45) is 3.61. The second-order valence-corrected chi connectivity index (χ2v) is 8.58. The van der Waals surface area contributed by atoms with Gasteiger partial charge in [-0.15, -0.1) is 0 Å². The number of hydrogen-bond acceptors (Lipinski definition) is 7. The van der Waals surface area contributed by atoms with Crippen molar-refractivity contribution in [2.24, 2.45) is 0 Å². The lowest BCUT2D eigenvalue weighted by Gasteiger charge is -2.10. The van der Waals surface area contributed by atoms with E-state index < -0.39 is 0 Å². The van der Waals surface area contributed by atoms with E-state index in [-0.39, 0.29) is 24.6 Å². The van der Waals surface area contributed by atoms with Gasteiger partial charge in [0.2, 0.25) is 11.8 Å². The van der Waals surface area contributed by atoms with Crippen molar-refractivity contribution in [1.82, 2.24) is 24.3 Å². The molecule has 0 atom stereocenters.